The summed E-state index contributed by atoms with van der Waals surface area (Å²) in [6, 6.07) is 14.2. The van der Waals surface area contributed by atoms with Crippen molar-refractivity contribution in [2.75, 3.05) is 0 Å². The number of rotatable bonds is 5. The highest BCUT2D eigenvalue weighted by Crippen LogP contribution is 2.24. The summed E-state index contributed by atoms with van der Waals surface area (Å²) in [5.74, 6) is -1.78. The molecule has 0 aromatic heterocycles. The van der Waals surface area contributed by atoms with Crippen molar-refractivity contribution in [3.63, 3.8) is 0 Å². The van der Waals surface area contributed by atoms with Crippen LogP contribution in [0.2, 0.25) is 0 Å². The average Bonchev–Trinajstić information content (AvgIpc) is 2.55. The number of halogens is 2. The first-order chi connectivity index (χ1) is 10.6. The first-order valence-corrected chi connectivity index (χ1v) is 7.03. The third-order valence-electron chi connectivity index (χ3n) is 3.04. The Kier molecular flexibility index (Phi) is 5.42. The minimum atomic E-state index is -0.884. The van der Waals surface area contributed by atoms with Gasteiger partial charge in [-0.1, -0.05) is 37.3 Å². The highest BCUT2D eigenvalue weighted by molar-refractivity contribution is 5.91. The number of benzene rings is 2. The van der Waals surface area contributed by atoms with Gasteiger partial charge in [-0.05, 0) is 30.7 Å². The maximum absolute atomic E-state index is 13.8. The van der Waals surface area contributed by atoms with Gasteiger partial charge in [-0.25, -0.2) is 13.6 Å². The second-order valence-electron chi connectivity index (χ2n) is 4.75. The molecule has 0 atom stereocenters. The molecule has 4 heteroatoms. The number of carbonyl (C=O) groups is 1. The van der Waals surface area contributed by atoms with Crippen molar-refractivity contribution >= 4 is 11.8 Å². The fraction of sp³-hybridized carbons (Fsp3) is 0.167. The van der Waals surface area contributed by atoms with Crippen LogP contribution in [-0.4, -0.2) is 5.97 Å². The van der Waals surface area contributed by atoms with Crippen LogP contribution < -0.4 is 4.74 Å². The Hall–Kier alpha value is -2.49. The Morgan fingerprint density at radius 1 is 0.955 bits per heavy atom. The summed E-state index contributed by atoms with van der Waals surface area (Å²) in [5, 5.41) is 0. The summed E-state index contributed by atoms with van der Waals surface area (Å²) in [5.41, 5.74) is 0.388. The number of ether oxygens (including phenoxy) is 1. The maximum Gasteiger partial charge on any atom is 0.343 e. The fourth-order valence-corrected chi connectivity index (χ4v) is 1.89. The molecule has 2 aromatic rings. The van der Waals surface area contributed by atoms with Gasteiger partial charge in [0.25, 0.3) is 0 Å². The predicted molar refractivity (Wildman–Crippen MR) is 81.9 cm³/mol. The second-order valence-corrected chi connectivity index (χ2v) is 4.75. The predicted octanol–water partition coefficient (Wildman–Crippen LogP) is 5.31. The number of hydrogen-bond acceptors (Lipinski definition) is 2. The molecule has 0 aliphatic heterocycles. The number of carbonyl (C=O) groups excluding carboxylic acids is 1. The molecule has 2 nitrogen and oxygen atoms in total. The molecule has 0 amide bonds. The third-order valence-corrected chi connectivity index (χ3v) is 3.04. The van der Waals surface area contributed by atoms with Gasteiger partial charge in [0.05, 0.1) is 5.56 Å². The average molecular weight is 302 g/mol. The Morgan fingerprint density at radius 2 is 1.55 bits per heavy atom. The number of hydrogen-bond donors (Lipinski definition) is 0. The van der Waals surface area contributed by atoms with Gasteiger partial charge in [0.2, 0.25) is 0 Å². The van der Waals surface area contributed by atoms with E-state index in [2.05, 4.69) is 0 Å². The van der Waals surface area contributed by atoms with Gasteiger partial charge in [0, 0.05) is 12.0 Å². The molecule has 0 saturated heterocycles. The molecule has 2 aromatic carbocycles. The van der Waals surface area contributed by atoms with E-state index in [1.807, 2.05) is 6.07 Å². The van der Waals surface area contributed by atoms with Crippen molar-refractivity contribution in [3.8, 4) is 5.75 Å². The fourth-order valence-electron chi connectivity index (χ4n) is 1.89. The molecule has 0 aliphatic carbocycles. The van der Waals surface area contributed by atoms with Crippen LogP contribution in [0.1, 0.15) is 35.7 Å². The van der Waals surface area contributed by atoms with Crippen LogP contribution in [0, 0.1) is 0 Å². The normalized spacial score (nSPS) is 11.8. The van der Waals surface area contributed by atoms with Gasteiger partial charge in [0.1, 0.15) is 11.6 Å². The molecule has 0 heterocycles. The van der Waals surface area contributed by atoms with Crippen LogP contribution in [0.3, 0.4) is 0 Å². The molecular weight excluding hydrogens is 286 g/mol. The van der Waals surface area contributed by atoms with E-state index < -0.39 is 17.6 Å². The largest absolute Gasteiger partial charge is 0.423 e. The molecule has 0 spiro atoms. The lowest BCUT2D eigenvalue weighted by Crippen LogP contribution is -2.08. The molecular formula is C18H16F2O2. The van der Waals surface area contributed by atoms with Crippen molar-refractivity contribution < 1.29 is 18.3 Å². The van der Waals surface area contributed by atoms with E-state index >= 15 is 0 Å². The zero-order chi connectivity index (χ0) is 15.9. The van der Waals surface area contributed by atoms with Gasteiger partial charge in [-0.2, -0.15) is 0 Å². The molecule has 0 aliphatic rings. The molecule has 22 heavy (non-hydrogen) atoms. The van der Waals surface area contributed by atoms with Crippen LogP contribution in [0.25, 0.3) is 5.83 Å². The lowest BCUT2D eigenvalue weighted by molar-refractivity contribution is 0.0735. The van der Waals surface area contributed by atoms with Crippen molar-refractivity contribution in [2.45, 2.75) is 19.8 Å². The lowest BCUT2D eigenvalue weighted by atomic mass is 10.1. The zero-order valence-corrected chi connectivity index (χ0v) is 12.2. The smallest absolute Gasteiger partial charge is 0.343 e. The van der Waals surface area contributed by atoms with Crippen LogP contribution in [0.4, 0.5) is 8.78 Å². The molecule has 0 radical (unpaired) electrons. The van der Waals surface area contributed by atoms with Crippen LogP contribution in [0.5, 0.6) is 5.75 Å². The highest BCUT2D eigenvalue weighted by atomic mass is 19.2. The van der Waals surface area contributed by atoms with E-state index in [9.17, 15) is 13.6 Å². The monoisotopic (exact) mass is 302 g/mol. The number of para-hydroxylation sites is 1. The quantitative estimate of drug-likeness (QED) is 0.552. The molecule has 2 rings (SSSR count). The third kappa shape index (κ3) is 4.01. The highest BCUT2D eigenvalue weighted by Gasteiger charge is 2.11. The minimum Gasteiger partial charge on any atom is -0.423 e. The van der Waals surface area contributed by atoms with Gasteiger partial charge in [-0.3, -0.25) is 0 Å². The summed E-state index contributed by atoms with van der Waals surface area (Å²) in [6.07, 6.45) is 0.588. The molecule has 0 fully saturated rings. The Labute approximate surface area is 128 Å². The lowest BCUT2D eigenvalue weighted by Gasteiger charge is -2.05. The summed E-state index contributed by atoms with van der Waals surface area (Å²) in [6.45, 7) is 1.77. The van der Waals surface area contributed by atoms with E-state index in [0.29, 0.717) is 12.2 Å². The molecule has 0 N–H and O–H groups in total. The molecule has 0 unspecified atom stereocenters. The number of allylic oxidation sites excluding steroid dienone is 1. The molecule has 0 saturated carbocycles. The first-order valence-electron chi connectivity index (χ1n) is 7.03. The Balaban J connectivity index is 2.12. The molecule has 114 valence electrons. The zero-order valence-electron chi connectivity index (χ0n) is 12.2. The van der Waals surface area contributed by atoms with Gasteiger partial charge in [-0.15, -0.1) is 0 Å². The topological polar surface area (TPSA) is 26.3 Å². The minimum absolute atomic E-state index is 0.0592. The van der Waals surface area contributed by atoms with Crippen molar-refractivity contribution in [1.29, 1.82) is 0 Å². The van der Waals surface area contributed by atoms with E-state index in [1.54, 1.807) is 31.2 Å². The molecule has 0 bridgehead atoms. The summed E-state index contributed by atoms with van der Waals surface area (Å²) in [7, 11) is 0. The van der Waals surface area contributed by atoms with E-state index in [0.717, 1.165) is 0 Å². The van der Waals surface area contributed by atoms with Crippen LogP contribution >= 0.6 is 0 Å². The van der Waals surface area contributed by atoms with Gasteiger partial charge in [0.15, 0.2) is 5.83 Å². The summed E-state index contributed by atoms with van der Waals surface area (Å²) < 4.78 is 32.4. The van der Waals surface area contributed by atoms with Crippen molar-refractivity contribution in [3.05, 3.63) is 71.6 Å². The van der Waals surface area contributed by atoms with Gasteiger partial charge < -0.3 is 4.74 Å². The van der Waals surface area contributed by atoms with Crippen molar-refractivity contribution in [2.24, 2.45) is 0 Å². The SMILES string of the molecule is CCC/C(F)=C(\F)c1ccc(C(=O)Oc2ccccc2)cc1. The van der Waals surface area contributed by atoms with Gasteiger partial charge >= 0.3 is 5.97 Å². The first kappa shape index (κ1) is 15.9. The summed E-state index contributed by atoms with van der Waals surface area (Å²) in [4.78, 5) is 11.9. The number of esters is 1. The Morgan fingerprint density at radius 3 is 2.14 bits per heavy atom. The van der Waals surface area contributed by atoms with E-state index in [4.69, 9.17) is 4.74 Å². The second kappa shape index (κ2) is 7.50. The maximum atomic E-state index is 13.8. The van der Waals surface area contributed by atoms with E-state index in [-0.39, 0.29) is 17.5 Å². The summed E-state index contributed by atoms with van der Waals surface area (Å²) >= 11 is 0. The van der Waals surface area contributed by atoms with Crippen LogP contribution in [0.15, 0.2) is 60.4 Å². The Bertz CT molecular complexity index is 661. The van der Waals surface area contributed by atoms with Crippen molar-refractivity contribution in [1.82, 2.24) is 0 Å². The standard InChI is InChI=1S/C18H16F2O2/c1-2-6-16(19)17(20)13-9-11-14(12-10-13)18(21)22-15-7-4-3-5-8-15/h3-5,7-12H,2,6H2,1H3/b17-16+. The van der Waals surface area contributed by atoms with E-state index in [1.165, 1.54) is 24.3 Å². The van der Waals surface area contributed by atoms with Crippen LogP contribution in [-0.2, 0) is 0 Å².